The summed E-state index contributed by atoms with van der Waals surface area (Å²) >= 11 is 0. The van der Waals surface area contributed by atoms with Gasteiger partial charge in [0.1, 0.15) is 5.82 Å². The van der Waals surface area contributed by atoms with Crippen LogP contribution in [-0.2, 0) is 0 Å². The summed E-state index contributed by atoms with van der Waals surface area (Å²) in [5, 5.41) is 8.71. The fraction of sp³-hybridized carbons (Fsp3) is 0.462. The first kappa shape index (κ1) is 17.0. The van der Waals surface area contributed by atoms with Crippen LogP contribution in [-0.4, -0.2) is 55.3 Å². The highest BCUT2D eigenvalue weighted by Gasteiger charge is 2.18. The van der Waals surface area contributed by atoms with Gasteiger partial charge in [-0.1, -0.05) is 0 Å². The van der Waals surface area contributed by atoms with E-state index in [0.717, 1.165) is 31.9 Å². The molecule has 0 bridgehead atoms. The van der Waals surface area contributed by atoms with Gasteiger partial charge in [-0.05, 0) is 24.3 Å². The number of aliphatic imine (C=N–C) groups is 1. The van der Waals surface area contributed by atoms with E-state index in [2.05, 4.69) is 9.89 Å². The Morgan fingerprint density at radius 1 is 1.20 bits per heavy atom. The Morgan fingerprint density at radius 3 is 2.35 bits per heavy atom. The lowest BCUT2D eigenvalue weighted by Crippen LogP contribution is -2.51. The van der Waals surface area contributed by atoms with Gasteiger partial charge >= 0.3 is 0 Å². The monoisotopic (exact) mass is 394 g/mol. The van der Waals surface area contributed by atoms with Crippen LogP contribution in [0.1, 0.15) is 0 Å². The van der Waals surface area contributed by atoms with Crippen molar-refractivity contribution >= 4 is 35.6 Å². The Hall–Kier alpha value is -1.09. The van der Waals surface area contributed by atoms with Crippen molar-refractivity contribution in [1.82, 2.24) is 4.90 Å². The summed E-state index contributed by atoms with van der Waals surface area (Å²) in [7, 11) is 0. The van der Waals surface area contributed by atoms with E-state index in [1.165, 1.54) is 12.1 Å². The summed E-state index contributed by atoms with van der Waals surface area (Å²) in [6, 6.07) is 6.51. The molecule has 1 aliphatic heterocycles. The van der Waals surface area contributed by atoms with Gasteiger partial charge < -0.3 is 20.6 Å². The van der Waals surface area contributed by atoms with Crippen molar-refractivity contribution in [2.75, 3.05) is 44.2 Å². The predicted octanol–water partition coefficient (Wildman–Crippen LogP) is 0.873. The van der Waals surface area contributed by atoms with Crippen molar-refractivity contribution in [1.29, 1.82) is 0 Å². The normalized spacial score (nSPS) is 16.0. The number of guanidine groups is 1. The molecule has 1 aromatic rings. The van der Waals surface area contributed by atoms with Gasteiger partial charge in [0, 0.05) is 31.9 Å². The smallest absolute Gasteiger partial charge is 0.191 e. The maximum atomic E-state index is 12.9. The summed E-state index contributed by atoms with van der Waals surface area (Å²) in [6.07, 6.45) is 0. The van der Waals surface area contributed by atoms with Gasteiger partial charge in [0.15, 0.2) is 5.96 Å². The zero-order valence-corrected chi connectivity index (χ0v) is 13.5. The summed E-state index contributed by atoms with van der Waals surface area (Å²) in [4.78, 5) is 8.26. The van der Waals surface area contributed by atoms with Gasteiger partial charge in [0.05, 0.1) is 13.2 Å². The minimum atomic E-state index is -0.220. The highest BCUT2D eigenvalue weighted by molar-refractivity contribution is 14.0. The van der Waals surface area contributed by atoms with E-state index in [-0.39, 0.29) is 36.4 Å². The average molecular weight is 394 g/mol. The average Bonchev–Trinajstić information content (AvgIpc) is 2.46. The van der Waals surface area contributed by atoms with Crippen molar-refractivity contribution in [3.8, 4) is 0 Å². The molecule has 0 spiro atoms. The van der Waals surface area contributed by atoms with Gasteiger partial charge in [0.25, 0.3) is 0 Å². The van der Waals surface area contributed by atoms with E-state index in [1.807, 2.05) is 4.90 Å². The van der Waals surface area contributed by atoms with Crippen LogP contribution in [0.4, 0.5) is 10.1 Å². The van der Waals surface area contributed by atoms with E-state index in [4.69, 9.17) is 10.8 Å². The number of halogens is 2. The first-order valence-electron chi connectivity index (χ1n) is 6.37. The minimum Gasteiger partial charge on any atom is -0.394 e. The largest absolute Gasteiger partial charge is 0.394 e. The molecule has 1 fully saturated rings. The molecule has 1 aliphatic rings. The molecular weight excluding hydrogens is 374 g/mol. The lowest BCUT2D eigenvalue weighted by Gasteiger charge is -2.36. The Morgan fingerprint density at radius 2 is 1.80 bits per heavy atom. The molecule has 0 atom stereocenters. The number of benzene rings is 1. The first-order chi connectivity index (χ1) is 9.20. The van der Waals surface area contributed by atoms with E-state index in [1.54, 1.807) is 12.1 Å². The molecule has 0 aromatic heterocycles. The highest BCUT2D eigenvalue weighted by Crippen LogP contribution is 2.16. The van der Waals surface area contributed by atoms with Crippen LogP contribution in [0.5, 0.6) is 0 Å². The number of hydrogen-bond donors (Lipinski definition) is 2. The molecule has 20 heavy (non-hydrogen) atoms. The standard InChI is InChI=1S/C13H19FN4O.HI/c14-11-1-3-12(4-2-11)17-6-8-18(9-7-17)13(15)16-5-10-19;/h1-4,19H,5-10H2,(H2,15,16);1H. The number of nitrogens with zero attached hydrogens (tertiary/aromatic N) is 3. The summed E-state index contributed by atoms with van der Waals surface area (Å²) < 4.78 is 12.9. The zero-order valence-electron chi connectivity index (χ0n) is 11.2. The second kappa shape index (κ2) is 8.25. The van der Waals surface area contributed by atoms with E-state index in [0.29, 0.717) is 12.5 Å². The fourth-order valence-electron chi connectivity index (χ4n) is 2.11. The summed E-state index contributed by atoms with van der Waals surface area (Å²) in [5.41, 5.74) is 6.86. The van der Waals surface area contributed by atoms with Crippen LogP contribution in [0.2, 0.25) is 0 Å². The molecule has 2 rings (SSSR count). The highest BCUT2D eigenvalue weighted by atomic mass is 127. The number of rotatable bonds is 3. The molecule has 7 heteroatoms. The number of piperazine rings is 1. The van der Waals surface area contributed by atoms with Crippen molar-refractivity contribution in [2.45, 2.75) is 0 Å². The van der Waals surface area contributed by atoms with Crippen molar-refractivity contribution < 1.29 is 9.50 Å². The predicted molar refractivity (Wildman–Crippen MR) is 89.2 cm³/mol. The molecule has 3 N–H and O–H groups in total. The molecule has 0 saturated carbocycles. The molecule has 5 nitrogen and oxygen atoms in total. The van der Waals surface area contributed by atoms with Crippen LogP contribution < -0.4 is 10.6 Å². The molecule has 0 unspecified atom stereocenters. The Bertz CT molecular complexity index is 433. The van der Waals surface area contributed by atoms with Crippen LogP contribution in [0.25, 0.3) is 0 Å². The number of aliphatic hydroxyl groups excluding tert-OH is 1. The SMILES string of the molecule is I.NC(=NCCO)N1CCN(c2ccc(F)cc2)CC1. The third kappa shape index (κ3) is 4.48. The van der Waals surface area contributed by atoms with Crippen molar-refractivity contribution in [3.05, 3.63) is 30.1 Å². The van der Waals surface area contributed by atoms with E-state index < -0.39 is 0 Å². The van der Waals surface area contributed by atoms with Gasteiger partial charge in [-0.25, -0.2) is 4.39 Å². The molecule has 0 aliphatic carbocycles. The number of aliphatic hydroxyl groups is 1. The minimum absolute atomic E-state index is 0. The molecular formula is C13H20FIN4O. The van der Waals surface area contributed by atoms with Crippen molar-refractivity contribution in [2.24, 2.45) is 10.7 Å². The topological polar surface area (TPSA) is 65.1 Å². The van der Waals surface area contributed by atoms with Crippen LogP contribution in [0.15, 0.2) is 29.3 Å². The molecule has 0 amide bonds. The Balaban J connectivity index is 0.00000200. The summed E-state index contributed by atoms with van der Waals surface area (Å²) in [6.45, 7) is 3.54. The van der Waals surface area contributed by atoms with Crippen molar-refractivity contribution in [3.63, 3.8) is 0 Å². The number of hydrogen-bond acceptors (Lipinski definition) is 3. The Kier molecular flexibility index (Phi) is 7.00. The molecule has 1 saturated heterocycles. The molecule has 1 heterocycles. The van der Waals surface area contributed by atoms with Crippen LogP contribution in [0.3, 0.4) is 0 Å². The quantitative estimate of drug-likeness (QED) is 0.454. The third-order valence-electron chi connectivity index (χ3n) is 3.17. The maximum Gasteiger partial charge on any atom is 0.191 e. The van der Waals surface area contributed by atoms with Gasteiger partial charge in [-0.3, -0.25) is 4.99 Å². The van der Waals surface area contributed by atoms with E-state index >= 15 is 0 Å². The molecule has 0 radical (unpaired) electrons. The molecule has 112 valence electrons. The lowest BCUT2D eigenvalue weighted by molar-refractivity contribution is 0.305. The summed E-state index contributed by atoms with van der Waals surface area (Å²) in [5.74, 6) is 0.260. The second-order valence-electron chi connectivity index (χ2n) is 4.41. The number of nitrogens with two attached hydrogens (primary N) is 1. The first-order valence-corrected chi connectivity index (χ1v) is 6.37. The second-order valence-corrected chi connectivity index (χ2v) is 4.41. The fourth-order valence-corrected chi connectivity index (χ4v) is 2.11. The maximum absolute atomic E-state index is 12.9. The van der Waals surface area contributed by atoms with Crippen LogP contribution >= 0.6 is 24.0 Å². The van der Waals surface area contributed by atoms with Gasteiger partial charge in [-0.15, -0.1) is 24.0 Å². The zero-order chi connectivity index (χ0) is 13.7. The number of anilines is 1. The van der Waals surface area contributed by atoms with Gasteiger partial charge in [0.2, 0.25) is 0 Å². The molecule has 1 aromatic carbocycles. The third-order valence-corrected chi connectivity index (χ3v) is 3.17. The Labute approximate surface area is 135 Å². The van der Waals surface area contributed by atoms with Crippen LogP contribution in [0, 0.1) is 5.82 Å². The van der Waals surface area contributed by atoms with E-state index in [9.17, 15) is 4.39 Å². The van der Waals surface area contributed by atoms with Gasteiger partial charge in [-0.2, -0.15) is 0 Å². The lowest BCUT2D eigenvalue weighted by atomic mass is 10.2.